The summed E-state index contributed by atoms with van der Waals surface area (Å²) in [7, 11) is 2.11. The molecule has 1 aromatic heterocycles. The molecule has 0 aromatic carbocycles. The fourth-order valence-electron chi connectivity index (χ4n) is 1.43. The number of nitrogens with zero attached hydrogens (tertiary/aromatic N) is 1. The average Bonchev–Trinajstić information content (AvgIpc) is 2.35. The number of rotatable bonds is 2. The number of aromatic nitrogens is 1. The Labute approximate surface area is 75.4 Å². The summed E-state index contributed by atoms with van der Waals surface area (Å²) < 4.78 is 2.21. The first-order chi connectivity index (χ1) is 5.46. The van der Waals surface area contributed by atoms with E-state index in [9.17, 15) is 0 Å². The predicted octanol–water partition coefficient (Wildman–Crippen LogP) is 2.96. The molecule has 12 heavy (non-hydrogen) atoms. The minimum atomic E-state index is 0.276. The van der Waals surface area contributed by atoms with Crippen LogP contribution in [-0.2, 0) is 12.5 Å². The van der Waals surface area contributed by atoms with Crippen molar-refractivity contribution in [3.8, 4) is 0 Å². The van der Waals surface area contributed by atoms with Crippen molar-refractivity contribution >= 4 is 0 Å². The Hall–Kier alpha value is -0.720. The van der Waals surface area contributed by atoms with Crippen molar-refractivity contribution < 1.29 is 0 Å². The van der Waals surface area contributed by atoms with E-state index in [0.29, 0.717) is 5.92 Å². The molecular formula is C11H19N. The number of aryl methyl sites for hydroxylation is 1. The van der Waals surface area contributed by atoms with Crippen LogP contribution >= 0.6 is 0 Å². The van der Waals surface area contributed by atoms with Gasteiger partial charge >= 0.3 is 0 Å². The molecule has 68 valence electrons. The topological polar surface area (TPSA) is 4.93 Å². The molecule has 0 bridgehead atoms. The van der Waals surface area contributed by atoms with Crippen molar-refractivity contribution in [2.45, 2.75) is 33.1 Å². The Bertz CT molecular complexity index is 256. The molecule has 0 fully saturated rings. The fraction of sp³-hybridized carbons (Fsp3) is 0.636. The Morgan fingerprint density at radius 3 is 2.25 bits per heavy atom. The van der Waals surface area contributed by atoms with Crippen LogP contribution in [0.4, 0.5) is 0 Å². The lowest BCUT2D eigenvalue weighted by Crippen LogP contribution is -2.26. The second kappa shape index (κ2) is 2.96. The zero-order valence-corrected chi connectivity index (χ0v) is 8.76. The third-order valence-electron chi connectivity index (χ3n) is 3.05. The van der Waals surface area contributed by atoms with Crippen molar-refractivity contribution in [2.75, 3.05) is 0 Å². The van der Waals surface area contributed by atoms with Gasteiger partial charge in [0.15, 0.2) is 0 Å². The zero-order valence-electron chi connectivity index (χ0n) is 8.76. The highest BCUT2D eigenvalue weighted by Crippen LogP contribution is 2.30. The molecule has 0 radical (unpaired) electrons. The average molecular weight is 165 g/mol. The summed E-state index contributed by atoms with van der Waals surface area (Å²) in [5.41, 5.74) is 1.69. The highest BCUT2D eigenvalue weighted by Gasteiger charge is 2.26. The molecular weight excluding hydrogens is 146 g/mol. The third-order valence-corrected chi connectivity index (χ3v) is 3.05. The van der Waals surface area contributed by atoms with Crippen LogP contribution in [0.25, 0.3) is 0 Å². The molecule has 0 amide bonds. The maximum Gasteiger partial charge on any atom is 0.0230 e. The van der Waals surface area contributed by atoms with Crippen LogP contribution in [0.3, 0.4) is 0 Å². The first-order valence-corrected chi connectivity index (χ1v) is 4.58. The van der Waals surface area contributed by atoms with Crippen LogP contribution in [0.15, 0.2) is 18.3 Å². The Morgan fingerprint density at radius 1 is 1.33 bits per heavy atom. The van der Waals surface area contributed by atoms with Crippen LogP contribution in [0.5, 0.6) is 0 Å². The van der Waals surface area contributed by atoms with Crippen LogP contribution < -0.4 is 0 Å². The van der Waals surface area contributed by atoms with Gasteiger partial charge in [-0.15, -0.1) is 0 Å². The second-order valence-corrected chi connectivity index (χ2v) is 4.38. The molecule has 1 aromatic rings. The highest BCUT2D eigenvalue weighted by molar-refractivity contribution is 5.17. The number of hydrogen-bond acceptors (Lipinski definition) is 0. The van der Waals surface area contributed by atoms with Gasteiger partial charge in [-0.05, 0) is 18.1 Å². The molecule has 0 saturated carbocycles. The van der Waals surface area contributed by atoms with Gasteiger partial charge < -0.3 is 4.57 Å². The number of hydrogen-bond donors (Lipinski definition) is 0. The summed E-state index contributed by atoms with van der Waals surface area (Å²) in [5, 5.41) is 0. The lowest BCUT2D eigenvalue weighted by atomic mass is 9.78. The van der Waals surface area contributed by atoms with E-state index in [1.54, 1.807) is 0 Å². The molecule has 1 heterocycles. The summed E-state index contributed by atoms with van der Waals surface area (Å²) in [6.45, 7) is 9.14. The molecule has 1 nitrogen and oxygen atoms in total. The van der Waals surface area contributed by atoms with Crippen molar-refractivity contribution in [2.24, 2.45) is 13.0 Å². The van der Waals surface area contributed by atoms with Gasteiger partial charge in [-0.2, -0.15) is 0 Å². The van der Waals surface area contributed by atoms with Gasteiger partial charge in [0.25, 0.3) is 0 Å². The van der Waals surface area contributed by atoms with Crippen molar-refractivity contribution in [3.63, 3.8) is 0 Å². The maximum absolute atomic E-state index is 2.30. The molecule has 0 aliphatic heterocycles. The van der Waals surface area contributed by atoms with E-state index in [2.05, 4.69) is 57.6 Å². The van der Waals surface area contributed by atoms with Crippen LogP contribution in [0.1, 0.15) is 33.4 Å². The smallest absolute Gasteiger partial charge is 0.0230 e. The minimum Gasteiger partial charge on any atom is -0.354 e. The Morgan fingerprint density at radius 2 is 1.92 bits per heavy atom. The standard InChI is InChI=1S/C11H19N/c1-9(2)11(3,4)10-7-6-8-12(10)5/h6-9H,1-5H3. The summed E-state index contributed by atoms with van der Waals surface area (Å²) >= 11 is 0. The van der Waals surface area contributed by atoms with Gasteiger partial charge in [-0.1, -0.05) is 27.7 Å². The molecule has 0 N–H and O–H groups in total. The van der Waals surface area contributed by atoms with E-state index in [1.807, 2.05) is 0 Å². The van der Waals surface area contributed by atoms with Gasteiger partial charge in [0, 0.05) is 24.4 Å². The normalized spacial score (nSPS) is 12.5. The van der Waals surface area contributed by atoms with E-state index >= 15 is 0 Å². The summed E-state index contributed by atoms with van der Waals surface area (Å²) in [5.74, 6) is 0.672. The van der Waals surface area contributed by atoms with Gasteiger partial charge in [0.05, 0.1) is 0 Å². The molecule has 1 heteroatoms. The van der Waals surface area contributed by atoms with Crippen LogP contribution in [0, 0.1) is 5.92 Å². The second-order valence-electron chi connectivity index (χ2n) is 4.38. The fourth-order valence-corrected chi connectivity index (χ4v) is 1.43. The predicted molar refractivity (Wildman–Crippen MR) is 53.3 cm³/mol. The van der Waals surface area contributed by atoms with E-state index in [-0.39, 0.29) is 5.41 Å². The molecule has 0 unspecified atom stereocenters. The largest absolute Gasteiger partial charge is 0.354 e. The third kappa shape index (κ3) is 1.40. The first kappa shape index (κ1) is 9.37. The van der Waals surface area contributed by atoms with Gasteiger partial charge in [0.1, 0.15) is 0 Å². The van der Waals surface area contributed by atoms with Crippen molar-refractivity contribution in [3.05, 3.63) is 24.0 Å². The molecule has 0 aliphatic rings. The molecule has 1 rings (SSSR count). The van der Waals surface area contributed by atoms with Crippen molar-refractivity contribution in [1.29, 1.82) is 0 Å². The SMILES string of the molecule is CC(C)C(C)(C)c1cccn1C. The van der Waals surface area contributed by atoms with Crippen LogP contribution in [0.2, 0.25) is 0 Å². The summed E-state index contributed by atoms with van der Waals surface area (Å²) in [6.07, 6.45) is 2.11. The lowest BCUT2D eigenvalue weighted by molar-refractivity contribution is 0.353. The van der Waals surface area contributed by atoms with E-state index in [4.69, 9.17) is 0 Å². The van der Waals surface area contributed by atoms with Gasteiger partial charge in [0.2, 0.25) is 0 Å². The van der Waals surface area contributed by atoms with E-state index < -0.39 is 0 Å². The minimum absolute atomic E-state index is 0.276. The quantitative estimate of drug-likeness (QED) is 0.635. The first-order valence-electron chi connectivity index (χ1n) is 4.58. The highest BCUT2D eigenvalue weighted by atomic mass is 14.9. The monoisotopic (exact) mass is 165 g/mol. The Balaban J connectivity index is 3.05. The lowest BCUT2D eigenvalue weighted by Gasteiger charge is -2.30. The molecule has 0 spiro atoms. The zero-order chi connectivity index (χ0) is 9.35. The summed E-state index contributed by atoms with van der Waals surface area (Å²) in [4.78, 5) is 0. The van der Waals surface area contributed by atoms with Gasteiger partial charge in [-0.3, -0.25) is 0 Å². The molecule has 0 atom stereocenters. The van der Waals surface area contributed by atoms with E-state index in [1.165, 1.54) is 5.69 Å². The molecule has 0 saturated heterocycles. The summed E-state index contributed by atoms with van der Waals surface area (Å²) in [6, 6.07) is 4.32. The molecule has 0 aliphatic carbocycles. The maximum atomic E-state index is 2.30. The van der Waals surface area contributed by atoms with E-state index in [0.717, 1.165) is 0 Å². The van der Waals surface area contributed by atoms with Gasteiger partial charge in [-0.25, -0.2) is 0 Å². The Kier molecular flexibility index (Phi) is 2.31. The van der Waals surface area contributed by atoms with Crippen LogP contribution in [-0.4, -0.2) is 4.57 Å². The van der Waals surface area contributed by atoms with Crippen molar-refractivity contribution in [1.82, 2.24) is 4.57 Å².